The minimum atomic E-state index is 0.276. The van der Waals surface area contributed by atoms with Gasteiger partial charge in [0.15, 0.2) is 0 Å². The van der Waals surface area contributed by atoms with E-state index in [0.29, 0.717) is 0 Å². The highest BCUT2D eigenvalue weighted by Gasteiger charge is 2.24. The minimum Gasteiger partial charge on any atom is -0.457 e. The number of hydrogen-bond acceptors (Lipinski definition) is 3. The van der Waals surface area contributed by atoms with Gasteiger partial charge in [0, 0.05) is 16.3 Å². The van der Waals surface area contributed by atoms with Crippen molar-refractivity contribution in [2.45, 2.75) is 39.5 Å². The van der Waals surface area contributed by atoms with Gasteiger partial charge in [-0.25, -0.2) is 9.97 Å². The van der Waals surface area contributed by atoms with E-state index in [1.807, 2.05) is 6.07 Å². The Hall–Kier alpha value is -7.24. The Bertz CT molecular complexity index is 3400. The fourth-order valence-corrected chi connectivity index (χ4v) is 8.99. The van der Waals surface area contributed by atoms with Gasteiger partial charge in [-0.3, -0.25) is 8.97 Å². The van der Waals surface area contributed by atoms with Crippen molar-refractivity contribution in [2.24, 2.45) is 0 Å². The van der Waals surface area contributed by atoms with E-state index in [1.54, 1.807) is 0 Å². The molecule has 3 heterocycles. The number of nitrogens with zero attached hydrogens (tertiary/aromatic N) is 4. The van der Waals surface area contributed by atoms with Crippen molar-refractivity contribution >= 4 is 60.2 Å². The van der Waals surface area contributed by atoms with Crippen LogP contribution in [0.1, 0.15) is 50.7 Å². The molecule has 0 fully saturated rings. The molecule has 3 aromatic heterocycles. The molecule has 0 atom stereocenters. The number of aromatic nitrogens is 4. The van der Waals surface area contributed by atoms with E-state index in [2.05, 4.69) is 200 Å². The molecule has 0 bridgehead atoms. The van der Waals surface area contributed by atoms with E-state index in [1.165, 1.54) is 44.1 Å². The third kappa shape index (κ3) is 5.76. The zero-order valence-corrected chi connectivity index (χ0v) is 33.5. The lowest BCUT2D eigenvalue weighted by atomic mass is 9.88. The molecule has 8 aromatic carbocycles. The largest absolute Gasteiger partial charge is 0.457 e. The molecule has 11 rings (SSSR count). The summed E-state index contributed by atoms with van der Waals surface area (Å²) in [5.74, 6) is 2.93. The summed E-state index contributed by atoms with van der Waals surface area (Å²) in [6, 6.07) is 60.2. The molecular weight excluding hydrogens is 721 g/mol. The molecule has 0 aliphatic heterocycles. The van der Waals surface area contributed by atoms with Crippen LogP contribution >= 0.6 is 0 Å². The highest BCUT2D eigenvalue weighted by Crippen LogP contribution is 2.41. The fourth-order valence-electron chi connectivity index (χ4n) is 8.99. The second kappa shape index (κ2) is 13.7. The normalized spacial score (nSPS) is 12.0. The Kier molecular flexibility index (Phi) is 8.12. The summed E-state index contributed by atoms with van der Waals surface area (Å²) in [5, 5.41) is 5.73. The number of pyridine rings is 1. The Labute approximate surface area is 342 Å². The van der Waals surface area contributed by atoms with Crippen molar-refractivity contribution in [3.8, 4) is 39.7 Å². The number of hydrogen-bond donors (Lipinski definition) is 0. The average molecular weight is 763 g/mol. The lowest BCUT2D eigenvalue weighted by Crippen LogP contribution is -2.09. The van der Waals surface area contributed by atoms with E-state index < -0.39 is 0 Å². The molecule has 0 aliphatic rings. The number of para-hydroxylation sites is 3. The van der Waals surface area contributed by atoms with Gasteiger partial charge < -0.3 is 4.74 Å². The third-order valence-electron chi connectivity index (χ3n) is 11.8. The molecule has 0 amide bonds. The van der Waals surface area contributed by atoms with Crippen molar-refractivity contribution in [3.63, 3.8) is 0 Å². The van der Waals surface area contributed by atoms with Gasteiger partial charge in [0.1, 0.15) is 23.0 Å². The maximum absolute atomic E-state index is 6.78. The monoisotopic (exact) mass is 762 g/mol. The molecule has 59 heavy (non-hydrogen) atoms. The van der Waals surface area contributed by atoms with Crippen molar-refractivity contribution in [3.05, 3.63) is 181 Å². The van der Waals surface area contributed by atoms with Crippen LogP contribution in [0.2, 0.25) is 0 Å². The van der Waals surface area contributed by atoms with Crippen LogP contribution in [0.15, 0.2) is 170 Å². The maximum atomic E-state index is 6.78. The highest BCUT2D eigenvalue weighted by atomic mass is 16.5. The van der Waals surface area contributed by atoms with Crippen LogP contribution in [0, 0.1) is 0 Å². The standard InChI is InChI=1S/C54H42N4O/c1-33(2)44-28-39(35-15-6-5-7-16-35)29-45(34(3)4)52(44)58-50-24-13-11-22-47(50)55-53(58)38-19-14-20-40(27-38)59-41-25-26-42-43-21-10-12-23-49(43)57-51-31-37-18-9-8-17-36(37)30-48(51)56-54(57)46(42)32-41/h5-34H,1-4H3. The first-order valence-corrected chi connectivity index (χ1v) is 20.5. The molecule has 5 nitrogen and oxygen atoms in total. The smallest absolute Gasteiger partial charge is 0.146 e. The molecule has 0 unspecified atom stereocenters. The van der Waals surface area contributed by atoms with E-state index in [0.717, 1.165) is 66.9 Å². The molecule has 0 radical (unpaired) electrons. The summed E-state index contributed by atoms with van der Waals surface area (Å²) in [6.07, 6.45) is 0. The predicted octanol–water partition coefficient (Wildman–Crippen LogP) is 14.7. The van der Waals surface area contributed by atoms with Crippen molar-refractivity contribution < 1.29 is 4.74 Å². The number of imidazole rings is 2. The van der Waals surface area contributed by atoms with Crippen LogP contribution in [0.4, 0.5) is 0 Å². The van der Waals surface area contributed by atoms with Crippen LogP contribution in [-0.2, 0) is 0 Å². The summed E-state index contributed by atoms with van der Waals surface area (Å²) in [6.45, 7) is 9.16. The van der Waals surface area contributed by atoms with Gasteiger partial charge in [0.2, 0.25) is 0 Å². The molecule has 284 valence electrons. The Morgan fingerprint density at radius 1 is 0.441 bits per heavy atom. The zero-order chi connectivity index (χ0) is 39.8. The Balaban J connectivity index is 1.06. The highest BCUT2D eigenvalue weighted by molar-refractivity contribution is 6.15. The first kappa shape index (κ1) is 35.0. The van der Waals surface area contributed by atoms with E-state index in [4.69, 9.17) is 14.7 Å². The molecule has 0 saturated carbocycles. The average Bonchev–Trinajstić information content (AvgIpc) is 3.84. The minimum absolute atomic E-state index is 0.276. The van der Waals surface area contributed by atoms with Crippen molar-refractivity contribution in [1.29, 1.82) is 0 Å². The van der Waals surface area contributed by atoms with Gasteiger partial charge in [0.25, 0.3) is 0 Å². The quantitative estimate of drug-likeness (QED) is 0.152. The summed E-state index contributed by atoms with van der Waals surface area (Å²) < 4.78 is 11.5. The van der Waals surface area contributed by atoms with Crippen molar-refractivity contribution in [1.82, 2.24) is 18.9 Å². The lowest BCUT2D eigenvalue weighted by molar-refractivity contribution is 0.483. The SMILES string of the molecule is CC(C)c1cc(-c2ccccc2)cc(C(C)C)c1-n1c(-c2cccc(Oc3ccc4c5ccccc5n5c6cc7ccccc7cc6nc5c4c3)c2)nc2ccccc21. The van der Waals surface area contributed by atoms with Crippen LogP contribution in [0.25, 0.3) is 88.4 Å². The number of ether oxygens (including phenoxy) is 1. The number of rotatable bonds is 7. The van der Waals surface area contributed by atoms with Crippen LogP contribution in [-0.4, -0.2) is 18.9 Å². The summed E-state index contributed by atoms with van der Waals surface area (Å²) in [7, 11) is 0. The summed E-state index contributed by atoms with van der Waals surface area (Å²) >= 11 is 0. The van der Waals surface area contributed by atoms with Crippen LogP contribution < -0.4 is 4.74 Å². The van der Waals surface area contributed by atoms with Crippen LogP contribution in [0.5, 0.6) is 11.5 Å². The lowest BCUT2D eigenvalue weighted by Gasteiger charge is -2.24. The second-order valence-electron chi connectivity index (χ2n) is 16.3. The van der Waals surface area contributed by atoms with Crippen LogP contribution in [0.3, 0.4) is 0 Å². The number of benzene rings is 8. The molecule has 0 spiro atoms. The van der Waals surface area contributed by atoms with Gasteiger partial charge in [0.05, 0.1) is 33.3 Å². The van der Waals surface area contributed by atoms with Gasteiger partial charge >= 0.3 is 0 Å². The molecule has 0 N–H and O–H groups in total. The first-order valence-electron chi connectivity index (χ1n) is 20.5. The summed E-state index contributed by atoms with van der Waals surface area (Å²) in [4.78, 5) is 10.6. The molecule has 0 saturated heterocycles. The fraction of sp³-hybridized carbons (Fsp3) is 0.111. The van der Waals surface area contributed by atoms with E-state index >= 15 is 0 Å². The Morgan fingerprint density at radius 3 is 1.88 bits per heavy atom. The van der Waals surface area contributed by atoms with E-state index in [-0.39, 0.29) is 11.8 Å². The van der Waals surface area contributed by atoms with Gasteiger partial charge in [-0.2, -0.15) is 0 Å². The van der Waals surface area contributed by atoms with E-state index in [9.17, 15) is 0 Å². The molecular formula is C54H42N4O. The molecule has 5 heteroatoms. The molecule has 0 aliphatic carbocycles. The zero-order valence-electron chi connectivity index (χ0n) is 33.5. The van der Waals surface area contributed by atoms with Gasteiger partial charge in [-0.05, 0) is 123 Å². The van der Waals surface area contributed by atoms with Crippen molar-refractivity contribution in [2.75, 3.05) is 0 Å². The topological polar surface area (TPSA) is 44.4 Å². The summed E-state index contributed by atoms with van der Waals surface area (Å²) in [5.41, 5.74) is 13.4. The molecule has 11 aromatic rings. The predicted molar refractivity (Wildman–Crippen MR) is 245 cm³/mol. The Morgan fingerprint density at radius 2 is 1.10 bits per heavy atom. The van der Waals surface area contributed by atoms with Gasteiger partial charge in [-0.1, -0.05) is 125 Å². The third-order valence-corrected chi connectivity index (χ3v) is 11.8. The second-order valence-corrected chi connectivity index (χ2v) is 16.3. The maximum Gasteiger partial charge on any atom is 0.146 e. The first-order chi connectivity index (χ1) is 28.9. The van der Waals surface area contributed by atoms with Gasteiger partial charge in [-0.15, -0.1) is 0 Å². The number of fused-ring (bicyclic) bond motifs is 10.